The lowest BCUT2D eigenvalue weighted by Crippen LogP contribution is -1.85. The van der Waals surface area contributed by atoms with E-state index in [-0.39, 0.29) is 9.90 Å². The molecule has 1 atom stereocenters. The van der Waals surface area contributed by atoms with Crippen LogP contribution in [0, 0.1) is 5.92 Å². The van der Waals surface area contributed by atoms with Crippen LogP contribution in [0.1, 0.15) is 6.42 Å². The van der Waals surface area contributed by atoms with Gasteiger partial charge < -0.3 is 0 Å². The van der Waals surface area contributed by atoms with Crippen LogP contribution >= 0.6 is 9.90 Å². The molecule has 52 valence electrons. The predicted molar refractivity (Wildman–Crippen MR) is 49.8 cm³/mol. The van der Waals surface area contributed by atoms with E-state index < -0.39 is 0 Å². The smallest absolute Gasteiger partial charge is 0.00244 e. The Hall–Kier alpha value is -0.350. The van der Waals surface area contributed by atoms with Crippen molar-refractivity contribution in [1.82, 2.24) is 0 Å². The molecule has 0 aliphatic rings. The van der Waals surface area contributed by atoms with Crippen molar-refractivity contribution >= 4 is 9.90 Å². The van der Waals surface area contributed by atoms with Crippen LogP contribution in [0.15, 0.2) is 38.0 Å². The zero-order valence-corrected chi connectivity index (χ0v) is 7.26. The molecule has 9 heavy (non-hydrogen) atoms. The molecule has 0 N–H and O–H groups in total. The summed E-state index contributed by atoms with van der Waals surface area (Å²) in [5.74, 6) is 0.410. The molecular formula is C8H15P. The van der Waals surface area contributed by atoms with Crippen molar-refractivity contribution in [3.8, 4) is 0 Å². The first kappa shape index (κ1) is 11.4. The first-order valence-corrected chi connectivity index (χ1v) is 2.71. The van der Waals surface area contributed by atoms with Gasteiger partial charge in [0.1, 0.15) is 0 Å². The molecule has 0 aliphatic heterocycles. The predicted octanol–water partition coefficient (Wildman–Crippen LogP) is 2.61. The maximum absolute atomic E-state index is 3.63. The molecule has 0 fully saturated rings. The molecule has 0 aromatic carbocycles. The Morgan fingerprint density at radius 1 is 1.11 bits per heavy atom. The minimum absolute atomic E-state index is 0. The van der Waals surface area contributed by atoms with E-state index in [1.165, 1.54) is 0 Å². The number of rotatable bonds is 4. The van der Waals surface area contributed by atoms with Crippen molar-refractivity contribution in [3.05, 3.63) is 38.0 Å². The summed E-state index contributed by atoms with van der Waals surface area (Å²) >= 11 is 0. The molecule has 0 rings (SSSR count). The van der Waals surface area contributed by atoms with Gasteiger partial charge in [0.25, 0.3) is 0 Å². The standard InChI is InChI=1S/C8H12.H3P/c1-4-7-8(5-2)6-3;/h4-6,8H,1-3,7H2;1H3. The molecular weight excluding hydrogens is 127 g/mol. The summed E-state index contributed by atoms with van der Waals surface area (Å²) in [5.41, 5.74) is 0. The molecule has 0 saturated heterocycles. The van der Waals surface area contributed by atoms with Crippen LogP contribution < -0.4 is 0 Å². The van der Waals surface area contributed by atoms with E-state index in [4.69, 9.17) is 0 Å². The summed E-state index contributed by atoms with van der Waals surface area (Å²) in [5, 5.41) is 0. The summed E-state index contributed by atoms with van der Waals surface area (Å²) in [6, 6.07) is 0. The Labute approximate surface area is 61.0 Å². The van der Waals surface area contributed by atoms with Crippen LogP contribution in [0.2, 0.25) is 0 Å². The van der Waals surface area contributed by atoms with Gasteiger partial charge in [-0.25, -0.2) is 0 Å². The molecule has 0 spiro atoms. The van der Waals surface area contributed by atoms with E-state index in [9.17, 15) is 0 Å². The Morgan fingerprint density at radius 3 is 1.67 bits per heavy atom. The van der Waals surface area contributed by atoms with E-state index in [0.717, 1.165) is 6.42 Å². The highest BCUT2D eigenvalue weighted by molar-refractivity contribution is 6.92. The summed E-state index contributed by atoms with van der Waals surface area (Å²) in [6.07, 6.45) is 6.56. The molecule has 0 aromatic rings. The second-order valence-electron chi connectivity index (χ2n) is 1.66. The molecule has 0 saturated carbocycles. The average Bonchev–Trinajstić information content (AvgIpc) is 1.83. The van der Waals surface area contributed by atoms with Gasteiger partial charge in [0.2, 0.25) is 0 Å². The molecule has 1 heteroatoms. The highest BCUT2D eigenvalue weighted by Gasteiger charge is 1.90. The Kier molecular flexibility index (Phi) is 9.73. The second kappa shape index (κ2) is 7.65. The third-order valence-corrected chi connectivity index (χ3v) is 1.04. The van der Waals surface area contributed by atoms with E-state index in [2.05, 4.69) is 19.7 Å². The van der Waals surface area contributed by atoms with Gasteiger partial charge in [-0.15, -0.1) is 19.7 Å². The fraction of sp³-hybridized carbons (Fsp3) is 0.250. The molecule has 0 bridgehead atoms. The van der Waals surface area contributed by atoms with Gasteiger partial charge in [0, 0.05) is 0 Å². The first-order valence-electron chi connectivity index (χ1n) is 2.71. The monoisotopic (exact) mass is 142 g/mol. The molecule has 1 unspecified atom stereocenters. The minimum atomic E-state index is 0. The molecule has 0 nitrogen and oxygen atoms in total. The van der Waals surface area contributed by atoms with E-state index in [1.807, 2.05) is 18.2 Å². The lowest BCUT2D eigenvalue weighted by atomic mass is 10.1. The molecule has 0 heterocycles. The summed E-state index contributed by atoms with van der Waals surface area (Å²) in [6.45, 7) is 10.9. The van der Waals surface area contributed by atoms with Gasteiger partial charge in [-0.1, -0.05) is 18.2 Å². The Morgan fingerprint density at radius 2 is 1.56 bits per heavy atom. The van der Waals surface area contributed by atoms with Gasteiger partial charge in [0.15, 0.2) is 0 Å². The second-order valence-corrected chi connectivity index (χ2v) is 1.66. The lowest BCUT2D eigenvalue weighted by molar-refractivity contribution is 0.839. The largest absolute Gasteiger partial charge is 0.153 e. The van der Waals surface area contributed by atoms with Crippen molar-refractivity contribution in [1.29, 1.82) is 0 Å². The zero-order chi connectivity index (χ0) is 6.41. The highest BCUT2D eigenvalue weighted by atomic mass is 31.0. The van der Waals surface area contributed by atoms with Gasteiger partial charge in [-0.2, -0.15) is 9.90 Å². The Balaban J connectivity index is 0. The van der Waals surface area contributed by atoms with Crippen LogP contribution in [-0.2, 0) is 0 Å². The molecule has 0 aromatic heterocycles. The van der Waals surface area contributed by atoms with Crippen molar-refractivity contribution in [2.75, 3.05) is 0 Å². The average molecular weight is 142 g/mol. The maximum atomic E-state index is 3.63. The normalized spacial score (nSPS) is 7.67. The quantitative estimate of drug-likeness (QED) is 0.418. The van der Waals surface area contributed by atoms with Crippen LogP contribution in [0.3, 0.4) is 0 Å². The van der Waals surface area contributed by atoms with E-state index in [0.29, 0.717) is 5.92 Å². The lowest BCUT2D eigenvalue weighted by Gasteiger charge is -1.98. The third-order valence-electron chi connectivity index (χ3n) is 1.04. The molecule has 0 aliphatic carbocycles. The van der Waals surface area contributed by atoms with Crippen molar-refractivity contribution in [2.24, 2.45) is 5.92 Å². The number of allylic oxidation sites excluding steroid dienone is 3. The highest BCUT2D eigenvalue weighted by Crippen LogP contribution is 2.03. The van der Waals surface area contributed by atoms with Gasteiger partial charge in [0.05, 0.1) is 0 Å². The van der Waals surface area contributed by atoms with Crippen LogP contribution in [0.4, 0.5) is 0 Å². The summed E-state index contributed by atoms with van der Waals surface area (Å²) in [4.78, 5) is 0. The first-order chi connectivity index (χ1) is 3.85. The van der Waals surface area contributed by atoms with Crippen molar-refractivity contribution < 1.29 is 0 Å². The van der Waals surface area contributed by atoms with Gasteiger partial charge in [-0.05, 0) is 12.3 Å². The molecule has 0 amide bonds. The van der Waals surface area contributed by atoms with Crippen LogP contribution in [0.25, 0.3) is 0 Å². The fourth-order valence-corrected chi connectivity index (χ4v) is 0.481. The third kappa shape index (κ3) is 5.52. The van der Waals surface area contributed by atoms with Crippen molar-refractivity contribution in [2.45, 2.75) is 6.42 Å². The topological polar surface area (TPSA) is 0 Å². The SMILES string of the molecule is C=CCC(C=C)C=C.P. The fourth-order valence-electron chi connectivity index (χ4n) is 0.481. The minimum Gasteiger partial charge on any atom is -0.153 e. The summed E-state index contributed by atoms with van der Waals surface area (Å²) < 4.78 is 0. The van der Waals surface area contributed by atoms with Gasteiger partial charge in [-0.3, -0.25) is 0 Å². The number of hydrogen-bond acceptors (Lipinski definition) is 0. The van der Waals surface area contributed by atoms with E-state index in [1.54, 1.807) is 0 Å². The Bertz CT molecular complexity index is 86.7. The van der Waals surface area contributed by atoms with Crippen molar-refractivity contribution in [3.63, 3.8) is 0 Å². The van der Waals surface area contributed by atoms with E-state index >= 15 is 0 Å². The van der Waals surface area contributed by atoms with Crippen LogP contribution in [0.5, 0.6) is 0 Å². The van der Waals surface area contributed by atoms with Gasteiger partial charge >= 0.3 is 0 Å². The maximum Gasteiger partial charge on any atom is -0.00244 e. The summed E-state index contributed by atoms with van der Waals surface area (Å²) in [7, 11) is 0. The zero-order valence-electron chi connectivity index (χ0n) is 5.84. The number of hydrogen-bond donors (Lipinski definition) is 0. The molecule has 0 radical (unpaired) electrons. The van der Waals surface area contributed by atoms with Crippen LogP contribution in [-0.4, -0.2) is 0 Å².